The molecule has 4 rings (SSSR count). The molecule has 21 heavy (non-hydrogen) atoms. The van der Waals surface area contributed by atoms with Gasteiger partial charge in [0.1, 0.15) is 11.6 Å². The second kappa shape index (κ2) is 4.53. The summed E-state index contributed by atoms with van der Waals surface area (Å²) in [6, 6.07) is 8.16. The van der Waals surface area contributed by atoms with E-state index in [2.05, 4.69) is 15.5 Å². The lowest BCUT2D eigenvalue weighted by Crippen LogP contribution is -2.15. The highest BCUT2D eigenvalue weighted by Crippen LogP contribution is 2.29. The Hall–Kier alpha value is -2.47. The summed E-state index contributed by atoms with van der Waals surface area (Å²) in [7, 11) is 0. The van der Waals surface area contributed by atoms with Crippen LogP contribution in [0, 0.1) is 5.82 Å². The van der Waals surface area contributed by atoms with E-state index in [0.717, 1.165) is 53.2 Å². The van der Waals surface area contributed by atoms with Crippen molar-refractivity contribution in [2.24, 2.45) is 5.84 Å². The Labute approximate surface area is 120 Å². The molecule has 0 spiro atoms. The third-order valence-corrected chi connectivity index (χ3v) is 3.90. The molecule has 5 nitrogen and oxygen atoms in total. The van der Waals surface area contributed by atoms with Crippen molar-refractivity contribution in [2.75, 3.05) is 5.43 Å². The molecule has 0 saturated carbocycles. The molecule has 0 radical (unpaired) electrons. The number of rotatable bonds is 2. The summed E-state index contributed by atoms with van der Waals surface area (Å²) in [5.41, 5.74) is 7.32. The van der Waals surface area contributed by atoms with Crippen molar-refractivity contribution in [3.8, 4) is 11.3 Å². The van der Waals surface area contributed by atoms with Crippen molar-refractivity contribution in [3.63, 3.8) is 0 Å². The first-order valence-electron chi connectivity index (χ1n) is 6.90. The number of nitrogens with zero attached hydrogens (tertiary/aromatic N) is 3. The van der Waals surface area contributed by atoms with Crippen LogP contribution in [0.3, 0.4) is 0 Å². The maximum atomic E-state index is 13.0. The average Bonchev–Trinajstić information content (AvgIpc) is 3.11. The minimum Gasteiger partial charge on any atom is -0.308 e. The lowest BCUT2D eigenvalue weighted by atomic mass is 10.1. The molecule has 0 fully saturated rings. The number of nitrogens with two attached hydrogens (primary N) is 1. The van der Waals surface area contributed by atoms with Gasteiger partial charge in [-0.15, -0.1) is 0 Å². The summed E-state index contributed by atoms with van der Waals surface area (Å²) >= 11 is 0. The van der Waals surface area contributed by atoms with Gasteiger partial charge in [0.15, 0.2) is 5.65 Å². The van der Waals surface area contributed by atoms with Gasteiger partial charge >= 0.3 is 0 Å². The van der Waals surface area contributed by atoms with Crippen molar-refractivity contribution in [1.29, 1.82) is 0 Å². The van der Waals surface area contributed by atoms with Crippen LogP contribution >= 0.6 is 0 Å². The van der Waals surface area contributed by atoms with Crippen molar-refractivity contribution in [2.45, 2.75) is 19.3 Å². The average molecular weight is 283 g/mol. The van der Waals surface area contributed by atoms with E-state index in [1.807, 2.05) is 6.07 Å². The van der Waals surface area contributed by atoms with Gasteiger partial charge in [0.05, 0.1) is 5.69 Å². The molecule has 1 aliphatic rings. The van der Waals surface area contributed by atoms with E-state index in [1.165, 1.54) is 12.1 Å². The third kappa shape index (κ3) is 1.87. The number of halogens is 1. The molecule has 2 aromatic heterocycles. The number of hydrogen-bond donors (Lipinski definition) is 2. The highest BCUT2D eigenvalue weighted by molar-refractivity contribution is 5.67. The van der Waals surface area contributed by atoms with E-state index < -0.39 is 0 Å². The second-order valence-corrected chi connectivity index (χ2v) is 5.19. The van der Waals surface area contributed by atoms with Crippen LogP contribution < -0.4 is 11.3 Å². The highest BCUT2D eigenvalue weighted by atomic mass is 19.1. The molecule has 1 aliphatic carbocycles. The molecule has 0 atom stereocenters. The third-order valence-electron chi connectivity index (χ3n) is 3.90. The predicted molar refractivity (Wildman–Crippen MR) is 78.2 cm³/mol. The van der Waals surface area contributed by atoms with E-state index in [1.54, 1.807) is 16.6 Å². The summed E-state index contributed by atoms with van der Waals surface area (Å²) in [5, 5.41) is 4.55. The molecule has 3 aromatic rings. The number of hydrazine groups is 1. The largest absolute Gasteiger partial charge is 0.308 e. The molecule has 0 unspecified atom stereocenters. The number of nitrogen functional groups attached to an aromatic ring is 1. The normalized spacial score (nSPS) is 13.6. The second-order valence-electron chi connectivity index (χ2n) is 5.19. The predicted octanol–water partition coefficient (Wildman–Crippen LogP) is 2.31. The van der Waals surface area contributed by atoms with Gasteiger partial charge in [-0.2, -0.15) is 9.61 Å². The van der Waals surface area contributed by atoms with Gasteiger partial charge in [-0.3, -0.25) is 0 Å². The Morgan fingerprint density at radius 3 is 2.76 bits per heavy atom. The maximum Gasteiger partial charge on any atom is 0.158 e. The van der Waals surface area contributed by atoms with Gasteiger partial charge in [0, 0.05) is 22.9 Å². The van der Waals surface area contributed by atoms with Crippen LogP contribution in [-0.2, 0) is 12.8 Å². The van der Waals surface area contributed by atoms with Crippen LogP contribution in [0.4, 0.5) is 10.2 Å². The van der Waals surface area contributed by atoms with Crippen LogP contribution in [-0.4, -0.2) is 14.6 Å². The van der Waals surface area contributed by atoms with Crippen LogP contribution in [0.2, 0.25) is 0 Å². The zero-order chi connectivity index (χ0) is 14.4. The minimum absolute atomic E-state index is 0.260. The zero-order valence-corrected chi connectivity index (χ0v) is 11.3. The number of benzene rings is 1. The topological polar surface area (TPSA) is 68.2 Å². The van der Waals surface area contributed by atoms with Crippen molar-refractivity contribution < 1.29 is 4.39 Å². The highest BCUT2D eigenvalue weighted by Gasteiger charge is 2.20. The van der Waals surface area contributed by atoms with Gasteiger partial charge in [0.2, 0.25) is 0 Å². The maximum absolute atomic E-state index is 13.0. The Balaban J connectivity index is 1.92. The first kappa shape index (κ1) is 12.3. The quantitative estimate of drug-likeness (QED) is 0.559. The fraction of sp³-hybridized carbons (Fsp3) is 0.200. The molecule has 6 heteroatoms. The van der Waals surface area contributed by atoms with Crippen molar-refractivity contribution in [3.05, 3.63) is 47.4 Å². The van der Waals surface area contributed by atoms with E-state index in [-0.39, 0.29) is 5.82 Å². The van der Waals surface area contributed by atoms with Crippen LogP contribution in [0.25, 0.3) is 16.9 Å². The summed E-state index contributed by atoms with van der Waals surface area (Å²) in [4.78, 5) is 4.66. The Morgan fingerprint density at radius 2 is 2.00 bits per heavy atom. The fourth-order valence-electron chi connectivity index (χ4n) is 2.90. The molecule has 0 bridgehead atoms. The molecular weight excluding hydrogens is 269 g/mol. The number of nitrogens with one attached hydrogen (secondary N) is 1. The Bertz CT molecular complexity index is 822. The first-order valence-corrected chi connectivity index (χ1v) is 6.90. The van der Waals surface area contributed by atoms with Crippen molar-refractivity contribution in [1.82, 2.24) is 14.6 Å². The van der Waals surface area contributed by atoms with Crippen LogP contribution in [0.5, 0.6) is 0 Å². The smallest absolute Gasteiger partial charge is 0.158 e. The molecule has 3 N–H and O–H groups in total. The Morgan fingerprint density at radius 1 is 1.19 bits per heavy atom. The number of hydrogen-bond acceptors (Lipinski definition) is 4. The number of aryl methyl sites for hydroxylation is 1. The van der Waals surface area contributed by atoms with Gasteiger partial charge in [0.25, 0.3) is 0 Å². The first-order chi connectivity index (χ1) is 10.3. The summed E-state index contributed by atoms with van der Waals surface area (Å²) in [6.45, 7) is 0. The SMILES string of the molecule is NNc1c2c(nc3cc(-c4ccc(F)cc4)nn13)CCC2. The lowest BCUT2D eigenvalue weighted by molar-refractivity contribution is 0.628. The lowest BCUT2D eigenvalue weighted by Gasteiger charge is -2.09. The van der Waals surface area contributed by atoms with Gasteiger partial charge < -0.3 is 5.43 Å². The number of aromatic nitrogens is 3. The van der Waals surface area contributed by atoms with Gasteiger partial charge in [-0.1, -0.05) is 0 Å². The van der Waals surface area contributed by atoms with Gasteiger partial charge in [-0.25, -0.2) is 15.2 Å². The fourth-order valence-corrected chi connectivity index (χ4v) is 2.90. The van der Waals surface area contributed by atoms with Crippen LogP contribution in [0.15, 0.2) is 30.3 Å². The summed E-state index contributed by atoms with van der Waals surface area (Å²) in [6.07, 6.45) is 3.02. The molecule has 2 heterocycles. The monoisotopic (exact) mass is 283 g/mol. The van der Waals surface area contributed by atoms with Crippen LogP contribution in [0.1, 0.15) is 17.7 Å². The molecule has 1 aromatic carbocycles. The summed E-state index contributed by atoms with van der Waals surface area (Å²) < 4.78 is 14.7. The zero-order valence-electron chi connectivity index (χ0n) is 11.3. The minimum atomic E-state index is -0.260. The van der Waals surface area contributed by atoms with Crippen molar-refractivity contribution >= 4 is 11.5 Å². The standard InChI is InChI=1S/C15H14FN5/c16-10-6-4-9(5-7-10)13-8-14-18-12-3-1-2-11(12)15(19-17)21(14)20-13/h4-8,19H,1-3,17H2. The van der Waals surface area contributed by atoms with Gasteiger partial charge in [-0.05, 0) is 43.5 Å². The molecule has 106 valence electrons. The number of fused-ring (bicyclic) bond motifs is 2. The summed E-state index contributed by atoms with van der Waals surface area (Å²) in [5.74, 6) is 6.20. The van der Waals surface area contributed by atoms with E-state index in [4.69, 9.17) is 5.84 Å². The molecule has 0 saturated heterocycles. The number of anilines is 1. The van der Waals surface area contributed by atoms with E-state index in [9.17, 15) is 4.39 Å². The molecule has 0 aliphatic heterocycles. The molecular formula is C15H14FN5. The van der Waals surface area contributed by atoms with E-state index >= 15 is 0 Å². The Kier molecular flexibility index (Phi) is 2.65. The van der Waals surface area contributed by atoms with E-state index in [0.29, 0.717) is 0 Å². The molecule has 0 amide bonds.